The summed E-state index contributed by atoms with van der Waals surface area (Å²) in [6.07, 6.45) is 1.67. The Kier molecular flexibility index (Phi) is 19.3. The number of hydrogen-bond acceptors (Lipinski definition) is 9. The molecule has 0 amide bonds. The van der Waals surface area contributed by atoms with Crippen LogP contribution in [0, 0.1) is 0 Å². The number of carboxylic acids is 3. The molecule has 0 atom stereocenters. The van der Waals surface area contributed by atoms with Gasteiger partial charge in [0.05, 0.1) is 0 Å². The number of hydrogen-bond donors (Lipinski definition) is 6. The first-order chi connectivity index (χ1) is 11.2. The third-order valence-corrected chi connectivity index (χ3v) is 1.33. The summed E-state index contributed by atoms with van der Waals surface area (Å²) in [7, 11) is 0. The molecule has 0 aliphatic rings. The lowest BCUT2D eigenvalue weighted by atomic mass is 10.5. The van der Waals surface area contributed by atoms with Crippen LogP contribution in [0.15, 0.2) is 37.0 Å². The average Bonchev–Trinajstić information content (AvgIpc) is 2.53. The van der Waals surface area contributed by atoms with E-state index in [4.69, 9.17) is 30.6 Å². The Morgan fingerprint density at radius 1 is 0.750 bits per heavy atom. The largest absolute Gasteiger partial charge is 0.478 e. The summed E-state index contributed by atoms with van der Waals surface area (Å²) in [5.74, 6) is -5.11. The molecule has 12 heteroatoms. The van der Waals surface area contributed by atoms with Crippen LogP contribution in [-0.4, -0.2) is 68.9 Å². The maximum Gasteiger partial charge on any atom is 0.378 e. The Morgan fingerprint density at radius 2 is 1.04 bits per heavy atom. The minimum Gasteiger partial charge on any atom is -0.478 e. The number of ether oxygens (including phenoxy) is 3. The molecule has 0 aromatic heterocycles. The Hall–Kier alpha value is -3.09. The third-order valence-electron chi connectivity index (χ3n) is 1.33. The van der Waals surface area contributed by atoms with Crippen LogP contribution in [-0.2, 0) is 28.6 Å². The summed E-state index contributed by atoms with van der Waals surface area (Å²) in [5.41, 5.74) is 0. The van der Waals surface area contributed by atoms with Gasteiger partial charge in [0.15, 0.2) is 20.4 Å². The number of aliphatic hydroxyl groups excluding tert-OH is 3. The molecule has 0 aliphatic carbocycles. The van der Waals surface area contributed by atoms with Crippen molar-refractivity contribution in [3.8, 4) is 0 Å². The maximum atomic E-state index is 10.5. The van der Waals surface area contributed by atoms with E-state index in [2.05, 4.69) is 27.4 Å². The molecule has 0 aliphatic heterocycles. The van der Waals surface area contributed by atoms with Gasteiger partial charge in [-0.2, -0.15) is 0 Å². The van der Waals surface area contributed by atoms with E-state index in [-0.39, 0.29) is 0 Å². The quantitative estimate of drug-likeness (QED) is 0.162. The Balaban J connectivity index is -0.000000361. The van der Waals surface area contributed by atoms with Crippen LogP contribution in [0.25, 0.3) is 0 Å². The molecule has 0 bridgehead atoms. The van der Waals surface area contributed by atoms with Gasteiger partial charge in [0, 0.05) is 12.2 Å². The lowest BCUT2D eigenvalue weighted by Crippen LogP contribution is -2.14. The second-order valence-electron chi connectivity index (χ2n) is 2.83. The van der Waals surface area contributed by atoms with Crippen LogP contribution < -0.4 is 0 Å². The Morgan fingerprint density at radius 3 is 1.21 bits per heavy atom. The lowest BCUT2D eigenvalue weighted by Gasteiger charge is -2.10. The van der Waals surface area contributed by atoms with Gasteiger partial charge in [-0.15, -0.1) is 0 Å². The molecule has 0 fully saturated rings. The summed E-state index contributed by atoms with van der Waals surface area (Å²) in [4.78, 5) is 29.0. The highest BCUT2D eigenvalue weighted by molar-refractivity contribution is 5.84. The predicted molar refractivity (Wildman–Crippen MR) is 74.8 cm³/mol. The van der Waals surface area contributed by atoms with Crippen LogP contribution in [0.5, 0.6) is 0 Å². The van der Waals surface area contributed by atoms with Crippen molar-refractivity contribution in [2.24, 2.45) is 0 Å². The van der Waals surface area contributed by atoms with Crippen LogP contribution in [0.3, 0.4) is 0 Å². The van der Waals surface area contributed by atoms with E-state index in [1.54, 1.807) is 0 Å². The van der Waals surface area contributed by atoms with Gasteiger partial charge in [-0.3, -0.25) is 0 Å². The predicted octanol–water partition coefficient (Wildman–Crippen LogP) is -1.35. The molecule has 0 rings (SSSR count). The summed E-state index contributed by atoms with van der Waals surface area (Å²) in [5, 5.41) is 48.7. The van der Waals surface area contributed by atoms with Crippen molar-refractivity contribution >= 4 is 17.9 Å². The van der Waals surface area contributed by atoms with Crippen molar-refractivity contribution in [1.82, 2.24) is 0 Å². The van der Waals surface area contributed by atoms with E-state index < -0.39 is 50.0 Å². The van der Waals surface area contributed by atoms with Gasteiger partial charge in [-0.05, 0) is 0 Å². The molecular formula is C12H18O12. The summed E-state index contributed by atoms with van der Waals surface area (Å²) >= 11 is 0. The van der Waals surface area contributed by atoms with Crippen molar-refractivity contribution in [3.63, 3.8) is 0 Å². The third kappa shape index (κ3) is 18.9. The standard InChI is InChI=1S/C6H10O8.2C3H4O2/c7-1-12-4(5(10)11)6(13-2-8)14-3-9;2*1-2-3(4)5/h7-9H,1-3H2,(H,10,11);2*2H,1H2,(H,4,5). The average molecular weight is 354 g/mol. The monoisotopic (exact) mass is 354 g/mol. The van der Waals surface area contributed by atoms with Gasteiger partial charge in [0.1, 0.15) is 0 Å². The molecule has 0 spiro atoms. The number of aliphatic hydroxyl groups is 3. The molecule has 0 radical (unpaired) electrons. The normalized spacial score (nSPS) is 7.96. The van der Waals surface area contributed by atoms with Gasteiger partial charge in [-0.25, -0.2) is 14.4 Å². The molecule has 24 heavy (non-hydrogen) atoms. The Labute approximate surface area is 135 Å². The van der Waals surface area contributed by atoms with Crippen molar-refractivity contribution in [1.29, 1.82) is 0 Å². The van der Waals surface area contributed by atoms with E-state index in [1.807, 2.05) is 0 Å². The number of carboxylic acid groups (broad SMARTS) is 3. The molecule has 0 heterocycles. The molecule has 0 aromatic carbocycles. The first kappa shape index (κ1) is 25.8. The van der Waals surface area contributed by atoms with Gasteiger partial charge in [0.2, 0.25) is 0 Å². The molecule has 12 nitrogen and oxygen atoms in total. The maximum absolute atomic E-state index is 10.5. The van der Waals surface area contributed by atoms with Gasteiger partial charge >= 0.3 is 23.9 Å². The fourth-order valence-electron chi connectivity index (χ4n) is 0.563. The first-order valence-electron chi connectivity index (χ1n) is 5.60. The topological polar surface area (TPSA) is 200 Å². The minimum absolute atomic E-state index is 0.725. The fraction of sp³-hybridized carbons (Fsp3) is 0.250. The zero-order valence-corrected chi connectivity index (χ0v) is 12.3. The second-order valence-corrected chi connectivity index (χ2v) is 2.83. The van der Waals surface area contributed by atoms with E-state index in [0.29, 0.717) is 0 Å². The number of rotatable bonds is 9. The zero-order valence-electron chi connectivity index (χ0n) is 12.3. The highest BCUT2D eigenvalue weighted by Crippen LogP contribution is 2.09. The molecule has 6 N–H and O–H groups in total. The van der Waals surface area contributed by atoms with Gasteiger partial charge in [-0.1, -0.05) is 13.2 Å². The molecular weight excluding hydrogens is 336 g/mol. The van der Waals surface area contributed by atoms with Gasteiger partial charge in [0.25, 0.3) is 5.76 Å². The van der Waals surface area contributed by atoms with Crippen LogP contribution in [0.1, 0.15) is 0 Å². The highest BCUT2D eigenvalue weighted by atomic mass is 16.7. The van der Waals surface area contributed by atoms with E-state index >= 15 is 0 Å². The number of carbonyl (C=O) groups is 3. The summed E-state index contributed by atoms with van der Waals surface area (Å²) < 4.78 is 12.8. The highest BCUT2D eigenvalue weighted by Gasteiger charge is 2.19. The smallest absolute Gasteiger partial charge is 0.378 e. The Bertz CT molecular complexity index is 413. The van der Waals surface area contributed by atoms with Crippen LogP contribution in [0.4, 0.5) is 0 Å². The van der Waals surface area contributed by atoms with Crippen molar-refractivity contribution in [2.45, 2.75) is 0 Å². The zero-order chi connectivity index (χ0) is 19.5. The molecule has 0 saturated carbocycles. The number of aliphatic carboxylic acids is 3. The van der Waals surface area contributed by atoms with Crippen molar-refractivity contribution in [3.05, 3.63) is 37.0 Å². The molecule has 0 unspecified atom stereocenters. The van der Waals surface area contributed by atoms with E-state index in [9.17, 15) is 14.4 Å². The van der Waals surface area contributed by atoms with Crippen LogP contribution >= 0.6 is 0 Å². The first-order valence-corrected chi connectivity index (χ1v) is 5.60. The van der Waals surface area contributed by atoms with Crippen molar-refractivity contribution in [2.75, 3.05) is 20.4 Å². The van der Waals surface area contributed by atoms with E-state index in [0.717, 1.165) is 12.2 Å². The summed E-state index contributed by atoms with van der Waals surface area (Å²) in [6.45, 7) is 3.29. The fourth-order valence-corrected chi connectivity index (χ4v) is 0.563. The lowest BCUT2D eigenvalue weighted by molar-refractivity contribution is -0.143. The molecule has 138 valence electrons. The molecule has 0 saturated heterocycles. The van der Waals surface area contributed by atoms with Gasteiger partial charge < -0.3 is 44.8 Å². The SMILES string of the molecule is C=CC(=O)O.C=CC(=O)O.O=C(O)C(OCO)=C(OCO)OCO. The van der Waals surface area contributed by atoms with Crippen molar-refractivity contribution < 1.29 is 59.2 Å². The molecule has 0 aromatic rings. The second kappa shape index (κ2) is 18.0. The van der Waals surface area contributed by atoms with E-state index in [1.165, 1.54) is 0 Å². The van der Waals surface area contributed by atoms with Crippen LogP contribution in [0.2, 0.25) is 0 Å². The minimum atomic E-state index is -1.57. The summed E-state index contributed by atoms with van der Waals surface area (Å²) in [6, 6.07) is 0.